The normalized spacial score (nSPS) is 12.4. The molecule has 174 valence electrons. The van der Waals surface area contributed by atoms with Gasteiger partial charge in [-0.25, -0.2) is 22.2 Å². The molecule has 7 nitrogen and oxygen atoms in total. The number of aryl methyl sites for hydroxylation is 1. The molecule has 1 N–H and O–H groups in total. The van der Waals surface area contributed by atoms with Gasteiger partial charge in [-0.15, -0.1) is 6.58 Å². The lowest BCUT2D eigenvalue weighted by molar-refractivity contribution is 0.0593. The van der Waals surface area contributed by atoms with Gasteiger partial charge < -0.3 is 10.1 Å². The fourth-order valence-electron chi connectivity index (χ4n) is 3.40. The van der Waals surface area contributed by atoms with E-state index < -0.39 is 21.2 Å². The maximum atomic E-state index is 13.7. The molecule has 0 saturated heterocycles. The second kappa shape index (κ2) is 9.80. The summed E-state index contributed by atoms with van der Waals surface area (Å²) >= 11 is 6.38. The zero-order valence-electron chi connectivity index (χ0n) is 18.9. The Morgan fingerprint density at radius 3 is 2.48 bits per heavy atom. The van der Waals surface area contributed by atoms with Crippen LogP contribution in [0.1, 0.15) is 40.7 Å². The van der Waals surface area contributed by atoms with Gasteiger partial charge in [0.1, 0.15) is 16.8 Å². The predicted octanol–water partition coefficient (Wildman–Crippen LogP) is 5.22. The number of benzene rings is 1. The summed E-state index contributed by atoms with van der Waals surface area (Å²) in [6.45, 7) is 9.56. The summed E-state index contributed by atoms with van der Waals surface area (Å²) in [4.78, 5) is 16.8. The Morgan fingerprint density at radius 1 is 1.24 bits per heavy atom. The summed E-state index contributed by atoms with van der Waals surface area (Å²) in [5.41, 5.74) is 2.35. The standard InChI is InChI=1S/C24H26ClN3O4S/c1-6-22(17-9-7-16(4)8-10-17)33(30,31)28-14-18(11-21(28)24(29)32-5)19-12-23(27-15(2)3)26-13-20(19)25/h6-15,22H,1H2,2-5H3,(H,26,27). The van der Waals surface area contributed by atoms with Crippen LogP contribution >= 0.6 is 11.6 Å². The highest BCUT2D eigenvalue weighted by molar-refractivity contribution is 7.90. The Kier molecular flexibility index (Phi) is 7.29. The average Bonchev–Trinajstić information content (AvgIpc) is 3.22. The number of esters is 1. The quantitative estimate of drug-likeness (QED) is 0.346. The summed E-state index contributed by atoms with van der Waals surface area (Å²) in [5.74, 6) is -0.217. The number of ether oxygens (including phenoxy) is 1. The number of hydrogen-bond acceptors (Lipinski definition) is 6. The van der Waals surface area contributed by atoms with Crippen LogP contribution in [-0.4, -0.2) is 36.5 Å². The summed E-state index contributed by atoms with van der Waals surface area (Å²) in [6.07, 6.45) is 4.18. The number of carbonyl (C=O) groups excluding carboxylic acids is 1. The Hall–Kier alpha value is -3.10. The summed E-state index contributed by atoms with van der Waals surface area (Å²) in [7, 11) is -2.91. The van der Waals surface area contributed by atoms with Crippen molar-refractivity contribution in [2.24, 2.45) is 0 Å². The minimum absolute atomic E-state index is 0.130. The van der Waals surface area contributed by atoms with Gasteiger partial charge in [0, 0.05) is 29.6 Å². The second-order valence-electron chi connectivity index (χ2n) is 7.86. The first-order valence-corrected chi connectivity index (χ1v) is 12.1. The minimum Gasteiger partial charge on any atom is -0.464 e. The van der Waals surface area contributed by atoms with E-state index in [-0.39, 0.29) is 11.7 Å². The van der Waals surface area contributed by atoms with E-state index in [1.54, 1.807) is 18.2 Å². The number of nitrogens with one attached hydrogen (secondary N) is 1. The molecule has 0 bridgehead atoms. The van der Waals surface area contributed by atoms with Crippen molar-refractivity contribution in [2.45, 2.75) is 32.1 Å². The maximum Gasteiger partial charge on any atom is 0.355 e. The van der Waals surface area contributed by atoms with Crippen LogP contribution in [0.25, 0.3) is 11.1 Å². The Morgan fingerprint density at radius 2 is 1.91 bits per heavy atom. The number of rotatable bonds is 8. The lowest BCUT2D eigenvalue weighted by Crippen LogP contribution is -2.23. The fraction of sp³-hybridized carbons (Fsp3) is 0.250. The smallest absolute Gasteiger partial charge is 0.355 e. The van der Waals surface area contributed by atoms with Crippen LogP contribution in [0.2, 0.25) is 5.02 Å². The number of pyridine rings is 1. The Bertz CT molecular complexity index is 1280. The van der Waals surface area contributed by atoms with Gasteiger partial charge in [0.05, 0.1) is 12.1 Å². The van der Waals surface area contributed by atoms with E-state index >= 15 is 0 Å². The van der Waals surface area contributed by atoms with Crippen molar-refractivity contribution < 1.29 is 17.9 Å². The summed E-state index contributed by atoms with van der Waals surface area (Å²) in [6, 6.07) is 10.4. The van der Waals surface area contributed by atoms with Gasteiger partial charge >= 0.3 is 5.97 Å². The van der Waals surface area contributed by atoms with E-state index in [9.17, 15) is 13.2 Å². The van der Waals surface area contributed by atoms with Crippen molar-refractivity contribution in [3.05, 3.63) is 83.3 Å². The molecule has 2 heterocycles. The van der Waals surface area contributed by atoms with E-state index in [0.717, 1.165) is 9.54 Å². The van der Waals surface area contributed by atoms with E-state index in [0.29, 0.717) is 27.5 Å². The number of halogens is 1. The van der Waals surface area contributed by atoms with Crippen LogP contribution < -0.4 is 5.32 Å². The Labute approximate surface area is 199 Å². The molecule has 0 aliphatic rings. The molecule has 1 unspecified atom stereocenters. The summed E-state index contributed by atoms with van der Waals surface area (Å²) < 4.78 is 33.1. The van der Waals surface area contributed by atoms with Crippen LogP contribution in [0.15, 0.2) is 61.4 Å². The first kappa shape index (κ1) is 24.5. The average molecular weight is 488 g/mol. The van der Waals surface area contributed by atoms with E-state index in [1.165, 1.54) is 31.6 Å². The number of hydrogen-bond donors (Lipinski definition) is 1. The van der Waals surface area contributed by atoms with E-state index in [2.05, 4.69) is 16.9 Å². The highest BCUT2D eigenvalue weighted by atomic mass is 35.5. The predicted molar refractivity (Wildman–Crippen MR) is 131 cm³/mol. The minimum atomic E-state index is -4.11. The molecule has 0 aliphatic heterocycles. The number of nitrogens with zero attached hydrogens (tertiary/aromatic N) is 2. The first-order chi connectivity index (χ1) is 15.6. The number of carbonyl (C=O) groups is 1. The van der Waals surface area contributed by atoms with Crippen LogP contribution in [0.5, 0.6) is 0 Å². The third-order valence-corrected chi connectivity index (χ3v) is 7.26. The molecule has 33 heavy (non-hydrogen) atoms. The van der Waals surface area contributed by atoms with Crippen molar-refractivity contribution in [1.29, 1.82) is 0 Å². The molecular weight excluding hydrogens is 462 g/mol. The molecule has 0 saturated carbocycles. The van der Waals surface area contributed by atoms with Crippen LogP contribution in [0.3, 0.4) is 0 Å². The van der Waals surface area contributed by atoms with Crippen molar-refractivity contribution in [3.8, 4) is 11.1 Å². The molecule has 1 aromatic carbocycles. The van der Waals surface area contributed by atoms with Gasteiger partial charge in [-0.2, -0.15) is 0 Å². The second-order valence-corrected chi connectivity index (χ2v) is 10.2. The molecule has 3 aromatic rings. The van der Waals surface area contributed by atoms with Gasteiger partial charge in [0.15, 0.2) is 0 Å². The molecule has 0 spiro atoms. The van der Waals surface area contributed by atoms with Crippen LogP contribution in [0, 0.1) is 6.92 Å². The molecule has 9 heteroatoms. The van der Waals surface area contributed by atoms with Gasteiger partial charge in [0.2, 0.25) is 10.0 Å². The van der Waals surface area contributed by atoms with E-state index in [4.69, 9.17) is 16.3 Å². The third-order valence-electron chi connectivity index (χ3n) is 5.00. The van der Waals surface area contributed by atoms with Crippen molar-refractivity contribution in [3.63, 3.8) is 0 Å². The van der Waals surface area contributed by atoms with Crippen molar-refractivity contribution in [2.75, 3.05) is 12.4 Å². The highest BCUT2D eigenvalue weighted by Crippen LogP contribution is 2.34. The van der Waals surface area contributed by atoms with E-state index in [1.807, 2.05) is 32.9 Å². The van der Waals surface area contributed by atoms with Gasteiger partial charge in [-0.1, -0.05) is 47.5 Å². The van der Waals surface area contributed by atoms with Crippen molar-refractivity contribution in [1.82, 2.24) is 8.96 Å². The maximum absolute atomic E-state index is 13.7. The molecule has 2 aromatic heterocycles. The lowest BCUT2D eigenvalue weighted by Gasteiger charge is -2.17. The van der Waals surface area contributed by atoms with Gasteiger partial charge in [-0.3, -0.25) is 0 Å². The molecule has 1 atom stereocenters. The van der Waals surface area contributed by atoms with Crippen LogP contribution in [-0.2, 0) is 14.8 Å². The SMILES string of the molecule is C=CC(c1ccc(C)cc1)S(=O)(=O)n1cc(-c2cc(NC(C)C)ncc2Cl)cc1C(=O)OC. The molecule has 0 radical (unpaired) electrons. The molecule has 0 aliphatic carbocycles. The fourth-order valence-corrected chi connectivity index (χ4v) is 5.26. The molecular formula is C24H26ClN3O4S. The lowest BCUT2D eigenvalue weighted by atomic mass is 10.1. The van der Waals surface area contributed by atoms with Gasteiger partial charge in [-0.05, 0) is 38.5 Å². The Balaban J connectivity index is 2.18. The molecule has 3 rings (SSSR count). The number of methoxy groups -OCH3 is 1. The number of aromatic nitrogens is 2. The van der Waals surface area contributed by atoms with Gasteiger partial charge in [0.25, 0.3) is 0 Å². The van der Waals surface area contributed by atoms with Crippen molar-refractivity contribution >= 4 is 33.4 Å². The van der Waals surface area contributed by atoms with Crippen LogP contribution in [0.4, 0.5) is 5.82 Å². The zero-order chi connectivity index (χ0) is 24.3. The zero-order valence-corrected chi connectivity index (χ0v) is 20.4. The highest BCUT2D eigenvalue weighted by Gasteiger charge is 2.31. The summed E-state index contributed by atoms with van der Waals surface area (Å²) in [5, 5.41) is 2.42. The molecule has 0 amide bonds. The largest absolute Gasteiger partial charge is 0.464 e. The first-order valence-electron chi connectivity index (χ1n) is 10.2. The molecule has 0 fully saturated rings. The topological polar surface area (TPSA) is 90.3 Å². The monoisotopic (exact) mass is 487 g/mol. The third kappa shape index (κ3) is 5.12. The number of anilines is 1.